The molecule has 25 heavy (non-hydrogen) atoms. The van der Waals surface area contributed by atoms with Gasteiger partial charge in [0.2, 0.25) is 0 Å². The first-order valence-electron chi connectivity index (χ1n) is 9.17. The maximum atomic E-state index is 9.73. The minimum Gasteiger partial charge on any atom is -0.493 e. The summed E-state index contributed by atoms with van der Waals surface area (Å²) in [6.07, 6.45) is 2.99. The molecule has 1 saturated carbocycles. The molecule has 2 fully saturated rings. The molecular weight excluding hydrogens is 320 g/mol. The van der Waals surface area contributed by atoms with Crippen molar-refractivity contribution < 1.29 is 24.1 Å². The van der Waals surface area contributed by atoms with Crippen LogP contribution in [-0.2, 0) is 14.9 Å². The molecule has 0 radical (unpaired) electrons. The van der Waals surface area contributed by atoms with Crippen LogP contribution < -0.4 is 9.47 Å². The summed E-state index contributed by atoms with van der Waals surface area (Å²) in [7, 11) is 1.66. The molecule has 1 aromatic carbocycles. The van der Waals surface area contributed by atoms with Crippen LogP contribution in [0, 0.1) is 5.41 Å². The molecule has 0 aromatic heterocycles. The zero-order valence-corrected chi connectivity index (χ0v) is 15.3. The number of fused-ring (bicyclic) bond motifs is 3. The van der Waals surface area contributed by atoms with Crippen molar-refractivity contribution in [3.05, 3.63) is 23.8 Å². The van der Waals surface area contributed by atoms with Crippen molar-refractivity contribution in [3.8, 4) is 11.5 Å². The molecule has 1 aliphatic carbocycles. The van der Waals surface area contributed by atoms with Gasteiger partial charge in [0.05, 0.1) is 20.3 Å². The monoisotopic (exact) mass is 348 g/mol. The third-order valence-corrected chi connectivity index (χ3v) is 6.07. The molecule has 2 atom stereocenters. The minimum absolute atomic E-state index is 0.0492. The average Bonchev–Trinajstić information content (AvgIpc) is 2.92. The lowest BCUT2D eigenvalue weighted by Gasteiger charge is -2.51. The molecule has 4 rings (SSSR count). The molecule has 1 N–H and O–H groups in total. The smallest absolute Gasteiger partial charge is 0.171 e. The van der Waals surface area contributed by atoms with E-state index in [1.54, 1.807) is 7.11 Å². The number of para-hydroxylation sites is 1. The Balaban J connectivity index is 1.65. The Morgan fingerprint density at radius 2 is 1.96 bits per heavy atom. The number of hydrogen-bond acceptors (Lipinski definition) is 5. The lowest BCUT2D eigenvalue weighted by atomic mass is 9.65. The Kier molecular flexibility index (Phi) is 4.02. The topological polar surface area (TPSA) is 57.2 Å². The molecular formula is C20H28O5. The highest BCUT2D eigenvalue weighted by molar-refractivity contribution is 5.54. The van der Waals surface area contributed by atoms with E-state index in [1.165, 1.54) is 0 Å². The van der Waals surface area contributed by atoms with Crippen LogP contribution in [0.5, 0.6) is 11.5 Å². The summed E-state index contributed by atoms with van der Waals surface area (Å²) in [4.78, 5) is 0. The third kappa shape index (κ3) is 2.64. The van der Waals surface area contributed by atoms with Crippen molar-refractivity contribution in [1.29, 1.82) is 0 Å². The van der Waals surface area contributed by atoms with Gasteiger partial charge in [0.1, 0.15) is 6.10 Å². The van der Waals surface area contributed by atoms with Crippen molar-refractivity contribution in [1.82, 2.24) is 0 Å². The van der Waals surface area contributed by atoms with Gasteiger partial charge >= 0.3 is 0 Å². The second-order valence-electron chi connectivity index (χ2n) is 8.43. The van der Waals surface area contributed by atoms with E-state index in [9.17, 15) is 5.11 Å². The van der Waals surface area contributed by atoms with Gasteiger partial charge in [-0.25, -0.2) is 0 Å². The van der Waals surface area contributed by atoms with Gasteiger partial charge in [0.15, 0.2) is 17.3 Å². The summed E-state index contributed by atoms with van der Waals surface area (Å²) >= 11 is 0. The number of benzene rings is 1. The molecule has 1 aromatic rings. The predicted octanol–water partition coefficient (Wildman–Crippen LogP) is 3.03. The van der Waals surface area contributed by atoms with Gasteiger partial charge < -0.3 is 24.1 Å². The van der Waals surface area contributed by atoms with Crippen LogP contribution in [0.2, 0.25) is 0 Å². The molecule has 1 spiro atoms. The third-order valence-electron chi connectivity index (χ3n) is 6.07. The molecule has 2 aliphatic heterocycles. The maximum Gasteiger partial charge on any atom is 0.171 e. The van der Waals surface area contributed by atoms with Crippen molar-refractivity contribution in [2.45, 2.75) is 56.8 Å². The molecule has 138 valence electrons. The fourth-order valence-electron chi connectivity index (χ4n) is 4.57. The van der Waals surface area contributed by atoms with E-state index in [2.05, 4.69) is 19.9 Å². The number of aliphatic hydroxyl groups is 1. The number of ether oxygens (including phenoxy) is 4. The van der Waals surface area contributed by atoms with Gasteiger partial charge in [-0.15, -0.1) is 0 Å². The van der Waals surface area contributed by atoms with Gasteiger partial charge in [-0.05, 0) is 18.9 Å². The number of methoxy groups -OCH3 is 1. The summed E-state index contributed by atoms with van der Waals surface area (Å²) in [5.41, 5.74) is 1.01. The number of hydrogen-bond donors (Lipinski definition) is 1. The SMILES string of the molecule is COc1cccc2c1O[C@H]1CC3(CC[C@@]21CCO)OCC(C)(C)CO3. The van der Waals surface area contributed by atoms with E-state index in [0.717, 1.165) is 29.9 Å². The Bertz CT molecular complexity index is 645. The van der Waals surface area contributed by atoms with E-state index in [1.807, 2.05) is 12.1 Å². The van der Waals surface area contributed by atoms with Gasteiger partial charge in [-0.2, -0.15) is 0 Å². The van der Waals surface area contributed by atoms with Gasteiger partial charge in [0.25, 0.3) is 0 Å². The molecule has 5 nitrogen and oxygen atoms in total. The van der Waals surface area contributed by atoms with Crippen molar-refractivity contribution in [2.24, 2.45) is 5.41 Å². The molecule has 1 saturated heterocycles. The van der Waals surface area contributed by atoms with Crippen LogP contribution in [0.15, 0.2) is 18.2 Å². The summed E-state index contributed by atoms with van der Waals surface area (Å²) in [5, 5.41) is 9.73. The fraction of sp³-hybridized carbons (Fsp3) is 0.700. The lowest BCUT2D eigenvalue weighted by molar-refractivity contribution is -0.321. The maximum absolute atomic E-state index is 9.73. The van der Waals surface area contributed by atoms with Crippen LogP contribution in [-0.4, -0.2) is 43.9 Å². The van der Waals surface area contributed by atoms with Crippen LogP contribution in [0.1, 0.15) is 45.1 Å². The zero-order chi connectivity index (χ0) is 17.7. The molecule has 0 bridgehead atoms. The minimum atomic E-state index is -0.561. The van der Waals surface area contributed by atoms with Crippen LogP contribution in [0.25, 0.3) is 0 Å². The van der Waals surface area contributed by atoms with E-state index in [0.29, 0.717) is 26.1 Å². The fourth-order valence-corrected chi connectivity index (χ4v) is 4.57. The lowest BCUT2D eigenvalue weighted by Crippen LogP contribution is -2.57. The van der Waals surface area contributed by atoms with Gasteiger partial charge in [-0.3, -0.25) is 0 Å². The number of rotatable bonds is 3. The quantitative estimate of drug-likeness (QED) is 0.910. The van der Waals surface area contributed by atoms with E-state index >= 15 is 0 Å². The largest absolute Gasteiger partial charge is 0.493 e. The van der Waals surface area contributed by atoms with E-state index in [-0.39, 0.29) is 23.5 Å². The summed E-state index contributed by atoms with van der Waals surface area (Å²) in [6, 6.07) is 6.04. The summed E-state index contributed by atoms with van der Waals surface area (Å²) < 4.78 is 24.3. The van der Waals surface area contributed by atoms with Crippen molar-refractivity contribution >= 4 is 0 Å². The zero-order valence-electron chi connectivity index (χ0n) is 15.3. The second-order valence-corrected chi connectivity index (χ2v) is 8.43. The standard InChI is InChI=1S/C20H28O5/c1-18(2)12-23-20(24-13-18)8-7-19(9-10-21)14-5-4-6-15(22-3)17(14)25-16(19)11-20/h4-6,16,21H,7-13H2,1-3H3/t16-,19+/m0/s1. The van der Waals surface area contributed by atoms with Gasteiger partial charge in [0, 0.05) is 35.8 Å². The van der Waals surface area contributed by atoms with Gasteiger partial charge in [-0.1, -0.05) is 26.0 Å². The molecule has 2 heterocycles. The Labute approximate surface area is 149 Å². The van der Waals surface area contributed by atoms with Crippen molar-refractivity contribution in [3.63, 3.8) is 0 Å². The molecule has 3 aliphatic rings. The molecule has 5 heteroatoms. The number of aliphatic hydroxyl groups excluding tert-OH is 1. The molecule has 0 amide bonds. The first-order valence-corrected chi connectivity index (χ1v) is 9.17. The first-order chi connectivity index (χ1) is 11.9. The Morgan fingerprint density at radius 3 is 2.64 bits per heavy atom. The highest BCUT2D eigenvalue weighted by Gasteiger charge is 2.58. The Hall–Kier alpha value is -1.30. The Morgan fingerprint density at radius 1 is 1.20 bits per heavy atom. The van der Waals surface area contributed by atoms with Crippen LogP contribution >= 0.6 is 0 Å². The van der Waals surface area contributed by atoms with E-state index in [4.69, 9.17) is 18.9 Å². The molecule has 0 unspecified atom stereocenters. The normalized spacial score (nSPS) is 31.9. The summed E-state index contributed by atoms with van der Waals surface area (Å²) in [5.74, 6) is 1.01. The highest BCUT2D eigenvalue weighted by atomic mass is 16.7. The van der Waals surface area contributed by atoms with E-state index < -0.39 is 5.79 Å². The predicted molar refractivity (Wildman–Crippen MR) is 93.1 cm³/mol. The summed E-state index contributed by atoms with van der Waals surface area (Å²) in [6.45, 7) is 5.85. The van der Waals surface area contributed by atoms with Crippen LogP contribution in [0.3, 0.4) is 0 Å². The highest BCUT2D eigenvalue weighted by Crippen LogP contribution is 2.58. The first kappa shape index (κ1) is 17.1. The van der Waals surface area contributed by atoms with Crippen molar-refractivity contribution in [2.75, 3.05) is 26.9 Å². The average molecular weight is 348 g/mol. The van der Waals surface area contributed by atoms with Crippen LogP contribution in [0.4, 0.5) is 0 Å². The second kappa shape index (κ2) is 5.86.